The van der Waals surface area contributed by atoms with Crippen molar-refractivity contribution < 1.29 is 0 Å². The summed E-state index contributed by atoms with van der Waals surface area (Å²) in [6.07, 6.45) is 5.80. The van der Waals surface area contributed by atoms with Gasteiger partial charge in [-0.3, -0.25) is 5.32 Å². The minimum Gasteiger partial charge on any atom is -0.387 e. The molecule has 1 aliphatic rings. The molecule has 3 N–H and O–H groups in total. The van der Waals surface area contributed by atoms with E-state index >= 15 is 0 Å². The molecule has 0 spiro atoms. The lowest BCUT2D eigenvalue weighted by atomic mass is 10.3. The van der Waals surface area contributed by atoms with Crippen LogP contribution in [-0.2, 0) is 0 Å². The molecule has 0 bridgehead atoms. The molecule has 4 heteroatoms. The first-order chi connectivity index (χ1) is 5.20. The number of likely N-dealkylation sites (N-methyl/N-ethyl adjacent to an activating group) is 2. The van der Waals surface area contributed by atoms with E-state index in [1.54, 1.807) is 0 Å². The van der Waals surface area contributed by atoms with E-state index < -0.39 is 4.99 Å². The van der Waals surface area contributed by atoms with Crippen LogP contribution in [0, 0.1) is 0 Å². The third-order valence-electron chi connectivity index (χ3n) is 1.62. The van der Waals surface area contributed by atoms with Gasteiger partial charge in [-0.05, 0) is 19.2 Å². The lowest BCUT2D eigenvalue weighted by molar-refractivity contribution is 0.551. The van der Waals surface area contributed by atoms with Crippen LogP contribution >= 0.6 is 12.6 Å². The van der Waals surface area contributed by atoms with Gasteiger partial charge in [0.15, 0.2) is 4.99 Å². The Morgan fingerprint density at radius 3 is 2.64 bits per heavy atom. The summed E-state index contributed by atoms with van der Waals surface area (Å²) in [6.45, 7) is 0. The second-order valence-electron chi connectivity index (χ2n) is 2.34. The highest BCUT2D eigenvalue weighted by Gasteiger charge is 2.19. The highest BCUT2D eigenvalue weighted by molar-refractivity contribution is 7.81. The second-order valence-corrected chi connectivity index (χ2v) is 3.05. The Morgan fingerprint density at radius 2 is 2.27 bits per heavy atom. The van der Waals surface area contributed by atoms with Crippen molar-refractivity contribution in [1.82, 2.24) is 16.0 Å². The summed E-state index contributed by atoms with van der Waals surface area (Å²) in [4.78, 5) is -0.402. The maximum atomic E-state index is 4.35. The SMILES string of the molecule is CNC1=CNC(S)(NC)C=C1. The van der Waals surface area contributed by atoms with Gasteiger partial charge in [-0.1, -0.05) is 0 Å². The van der Waals surface area contributed by atoms with Crippen molar-refractivity contribution in [3.05, 3.63) is 24.0 Å². The first-order valence-corrected chi connectivity index (χ1v) is 3.91. The molecule has 1 aliphatic heterocycles. The van der Waals surface area contributed by atoms with Crippen LogP contribution < -0.4 is 16.0 Å². The fraction of sp³-hybridized carbons (Fsp3) is 0.429. The highest BCUT2D eigenvalue weighted by atomic mass is 32.1. The maximum Gasteiger partial charge on any atom is 0.153 e. The van der Waals surface area contributed by atoms with Crippen LogP contribution in [0.5, 0.6) is 0 Å². The lowest BCUT2D eigenvalue weighted by Crippen LogP contribution is -2.48. The number of hydrogen-bond acceptors (Lipinski definition) is 4. The fourth-order valence-electron chi connectivity index (χ4n) is 0.805. The van der Waals surface area contributed by atoms with Crippen LogP contribution in [0.25, 0.3) is 0 Å². The minimum atomic E-state index is -0.402. The molecule has 11 heavy (non-hydrogen) atoms. The van der Waals surface area contributed by atoms with Crippen molar-refractivity contribution >= 4 is 12.6 Å². The van der Waals surface area contributed by atoms with Gasteiger partial charge in [0.25, 0.3) is 0 Å². The predicted octanol–water partition coefficient (Wildman–Crippen LogP) is 0.00960. The lowest BCUT2D eigenvalue weighted by Gasteiger charge is -2.28. The van der Waals surface area contributed by atoms with Crippen molar-refractivity contribution in [2.24, 2.45) is 0 Å². The van der Waals surface area contributed by atoms with E-state index in [2.05, 4.69) is 28.6 Å². The Bertz CT molecular complexity index is 200. The standard InChI is InChI=1S/C7H13N3S/c1-8-6-3-4-7(11,9-2)10-5-6/h3-5,8-11H,1-2H3. The third-order valence-corrected chi connectivity index (χ3v) is 2.12. The zero-order chi connectivity index (χ0) is 8.32. The van der Waals surface area contributed by atoms with Gasteiger partial charge in [0.05, 0.1) is 0 Å². The van der Waals surface area contributed by atoms with Gasteiger partial charge >= 0.3 is 0 Å². The van der Waals surface area contributed by atoms with Gasteiger partial charge in [0, 0.05) is 18.9 Å². The largest absolute Gasteiger partial charge is 0.387 e. The summed E-state index contributed by atoms with van der Waals surface area (Å²) < 4.78 is 0. The summed E-state index contributed by atoms with van der Waals surface area (Å²) >= 11 is 4.35. The van der Waals surface area contributed by atoms with Gasteiger partial charge < -0.3 is 10.6 Å². The second kappa shape index (κ2) is 3.19. The van der Waals surface area contributed by atoms with Gasteiger partial charge in [0.2, 0.25) is 0 Å². The Hall–Kier alpha value is -0.610. The number of rotatable bonds is 2. The average Bonchev–Trinajstić information content (AvgIpc) is 2.06. The quantitative estimate of drug-likeness (QED) is 0.349. The summed E-state index contributed by atoms with van der Waals surface area (Å²) in [7, 11) is 3.73. The monoisotopic (exact) mass is 171 g/mol. The number of allylic oxidation sites excluding steroid dienone is 1. The molecule has 1 heterocycles. The van der Waals surface area contributed by atoms with Crippen LogP contribution in [0.3, 0.4) is 0 Å². The topological polar surface area (TPSA) is 36.1 Å². The summed E-state index contributed by atoms with van der Waals surface area (Å²) in [6, 6.07) is 0. The molecule has 0 aliphatic carbocycles. The predicted molar refractivity (Wildman–Crippen MR) is 50.2 cm³/mol. The number of dihydropyridines is 1. The van der Waals surface area contributed by atoms with Gasteiger partial charge in [-0.25, -0.2) is 0 Å². The molecular weight excluding hydrogens is 158 g/mol. The first-order valence-electron chi connectivity index (χ1n) is 3.46. The molecule has 1 unspecified atom stereocenters. The molecular formula is C7H13N3S. The molecule has 0 aromatic heterocycles. The van der Waals surface area contributed by atoms with Crippen LogP contribution in [0.1, 0.15) is 0 Å². The van der Waals surface area contributed by atoms with E-state index in [1.807, 2.05) is 32.4 Å². The Kier molecular flexibility index (Phi) is 2.46. The molecule has 0 saturated heterocycles. The molecule has 0 aromatic carbocycles. The summed E-state index contributed by atoms with van der Waals surface area (Å²) in [5.74, 6) is 0. The van der Waals surface area contributed by atoms with Gasteiger partial charge in [-0.2, -0.15) is 0 Å². The van der Waals surface area contributed by atoms with E-state index in [0.29, 0.717) is 0 Å². The Balaban J connectivity index is 2.63. The van der Waals surface area contributed by atoms with Crippen molar-refractivity contribution in [3.8, 4) is 0 Å². The maximum absolute atomic E-state index is 4.35. The molecule has 0 fully saturated rings. The van der Waals surface area contributed by atoms with Crippen molar-refractivity contribution in [3.63, 3.8) is 0 Å². The van der Waals surface area contributed by atoms with E-state index in [0.717, 1.165) is 5.70 Å². The number of thiol groups is 1. The van der Waals surface area contributed by atoms with E-state index in [4.69, 9.17) is 0 Å². The van der Waals surface area contributed by atoms with E-state index in [1.165, 1.54) is 0 Å². The van der Waals surface area contributed by atoms with Crippen LogP contribution in [-0.4, -0.2) is 19.1 Å². The zero-order valence-electron chi connectivity index (χ0n) is 6.68. The van der Waals surface area contributed by atoms with Crippen molar-refractivity contribution in [1.29, 1.82) is 0 Å². The van der Waals surface area contributed by atoms with Crippen LogP contribution in [0.4, 0.5) is 0 Å². The zero-order valence-corrected chi connectivity index (χ0v) is 7.57. The molecule has 1 atom stereocenters. The summed E-state index contributed by atoms with van der Waals surface area (Å²) in [5, 5.41) is 9.12. The molecule has 0 radical (unpaired) electrons. The first kappa shape index (κ1) is 8.49. The minimum absolute atomic E-state index is 0.402. The van der Waals surface area contributed by atoms with Crippen molar-refractivity contribution in [2.45, 2.75) is 4.99 Å². The average molecular weight is 171 g/mol. The van der Waals surface area contributed by atoms with Gasteiger partial charge in [-0.15, -0.1) is 12.6 Å². The van der Waals surface area contributed by atoms with Crippen LogP contribution in [0.15, 0.2) is 24.0 Å². The molecule has 3 nitrogen and oxygen atoms in total. The molecule has 62 valence electrons. The number of nitrogens with one attached hydrogen (secondary N) is 3. The summed E-state index contributed by atoms with van der Waals surface area (Å²) in [5.41, 5.74) is 1.05. The molecule has 0 amide bonds. The smallest absolute Gasteiger partial charge is 0.153 e. The normalized spacial score (nSPS) is 29.2. The molecule has 0 aromatic rings. The molecule has 0 saturated carbocycles. The Labute approximate surface area is 72.3 Å². The Morgan fingerprint density at radius 1 is 1.55 bits per heavy atom. The molecule has 1 rings (SSSR count). The third kappa shape index (κ3) is 1.91. The highest BCUT2D eigenvalue weighted by Crippen LogP contribution is 2.12. The number of hydrogen-bond donors (Lipinski definition) is 4. The fourth-order valence-corrected chi connectivity index (χ4v) is 0.944. The van der Waals surface area contributed by atoms with Crippen LogP contribution in [0.2, 0.25) is 0 Å². The van der Waals surface area contributed by atoms with Gasteiger partial charge in [0.1, 0.15) is 0 Å². The van der Waals surface area contributed by atoms with E-state index in [-0.39, 0.29) is 0 Å². The van der Waals surface area contributed by atoms with E-state index in [9.17, 15) is 0 Å². The van der Waals surface area contributed by atoms with Crippen molar-refractivity contribution in [2.75, 3.05) is 14.1 Å².